The Morgan fingerprint density at radius 1 is 1.47 bits per heavy atom. The van der Waals surface area contributed by atoms with Crippen LogP contribution in [-0.2, 0) is 0 Å². The first kappa shape index (κ1) is 12.2. The van der Waals surface area contributed by atoms with E-state index in [4.69, 9.17) is 15.0 Å². The molecule has 0 spiro atoms. The van der Waals surface area contributed by atoms with Gasteiger partial charge in [-0.25, -0.2) is 0 Å². The van der Waals surface area contributed by atoms with Crippen molar-refractivity contribution in [2.45, 2.75) is 13.3 Å². The number of benzene rings is 1. The van der Waals surface area contributed by atoms with E-state index in [1.165, 1.54) is 0 Å². The van der Waals surface area contributed by atoms with E-state index in [0.717, 1.165) is 21.3 Å². The van der Waals surface area contributed by atoms with Crippen LogP contribution in [0.1, 0.15) is 13.3 Å². The number of anilines is 1. The summed E-state index contributed by atoms with van der Waals surface area (Å²) in [5.74, 6) is 1.93. The van der Waals surface area contributed by atoms with Crippen LogP contribution in [0, 0.1) is 3.57 Å². The zero-order valence-corrected chi connectivity index (χ0v) is 11.6. The van der Waals surface area contributed by atoms with Crippen molar-refractivity contribution >= 4 is 28.4 Å². The normalized spacial score (nSPS) is 10.5. The molecule has 0 aliphatic heterocycles. The van der Waals surface area contributed by atoms with Gasteiger partial charge in [0.05, 0.1) is 6.61 Å². The molecule has 17 heavy (non-hydrogen) atoms. The number of nitrogens with two attached hydrogens (primary N) is 1. The minimum atomic E-state index is 0.417. The summed E-state index contributed by atoms with van der Waals surface area (Å²) in [5.41, 5.74) is 6.58. The molecule has 0 fully saturated rings. The van der Waals surface area contributed by atoms with Crippen molar-refractivity contribution < 1.29 is 9.26 Å². The van der Waals surface area contributed by atoms with Gasteiger partial charge in [0.25, 0.3) is 0 Å². The first-order valence-electron chi connectivity index (χ1n) is 5.36. The molecule has 1 aromatic heterocycles. The van der Waals surface area contributed by atoms with Crippen molar-refractivity contribution in [1.82, 2.24) is 5.16 Å². The SMILES string of the molecule is CCCOc1cccc(-c2onc(N)c2I)c1. The molecule has 1 heterocycles. The molecule has 0 aliphatic rings. The summed E-state index contributed by atoms with van der Waals surface area (Å²) in [6.45, 7) is 2.78. The molecular weight excluding hydrogens is 331 g/mol. The summed E-state index contributed by atoms with van der Waals surface area (Å²) < 4.78 is 11.6. The Kier molecular flexibility index (Phi) is 3.88. The second-order valence-corrected chi connectivity index (χ2v) is 4.67. The highest BCUT2D eigenvalue weighted by Crippen LogP contribution is 2.30. The van der Waals surface area contributed by atoms with Crippen molar-refractivity contribution in [3.8, 4) is 17.1 Å². The highest BCUT2D eigenvalue weighted by atomic mass is 127. The largest absolute Gasteiger partial charge is 0.494 e. The van der Waals surface area contributed by atoms with Crippen molar-refractivity contribution in [2.75, 3.05) is 12.3 Å². The van der Waals surface area contributed by atoms with E-state index in [1.54, 1.807) is 0 Å². The number of nitrogen functional groups attached to an aromatic ring is 1. The van der Waals surface area contributed by atoms with E-state index in [9.17, 15) is 0 Å². The van der Waals surface area contributed by atoms with Gasteiger partial charge in [0.1, 0.15) is 9.32 Å². The zero-order valence-electron chi connectivity index (χ0n) is 9.44. The first-order chi connectivity index (χ1) is 8.22. The van der Waals surface area contributed by atoms with Gasteiger partial charge in [-0.15, -0.1) is 0 Å². The average molecular weight is 344 g/mol. The molecule has 0 saturated heterocycles. The van der Waals surface area contributed by atoms with Gasteiger partial charge >= 0.3 is 0 Å². The Balaban J connectivity index is 2.30. The summed E-state index contributed by atoms with van der Waals surface area (Å²) in [5, 5.41) is 3.74. The monoisotopic (exact) mass is 344 g/mol. The van der Waals surface area contributed by atoms with Crippen LogP contribution in [0.5, 0.6) is 5.75 Å². The van der Waals surface area contributed by atoms with Crippen LogP contribution in [0.2, 0.25) is 0 Å². The van der Waals surface area contributed by atoms with Crippen LogP contribution < -0.4 is 10.5 Å². The quantitative estimate of drug-likeness (QED) is 0.865. The third kappa shape index (κ3) is 2.71. The van der Waals surface area contributed by atoms with Gasteiger partial charge in [-0.3, -0.25) is 0 Å². The third-order valence-corrected chi connectivity index (χ3v) is 3.27. The molecule has 2 N–H and O–H groups in total. The highest BCUT2D eigenvalue weighted by Gasteiger charge is 2.13. The number of hydrogen-bond donors (Lipinski definition) is 1. The molecule has 0 saturated carbocycles. The smallest absolute Gasteiger partial charge is 0.182 e. The van der Waals surface area contributed by atoms with E-state index in [-0.39, 0.29) is 0 Å². The molecule has 0 radical (unpaired) electrons. The van der Waals surface area contributed by atoms with Crippen molar-refractivity contribution in [3.63, 3.8) is 0 Å². The predicted octanol–water partition coefficient (Wildman–Crippen LogP) is 3.32. The van der Waals surface area contributed by atoms with Gasteiger partial charge in [-0.05, 0) is 41.1 Å². The maximum atomic E-state index is 5.65. The van der Waals surface area contributed by atoms with E-state index < -0.39 is 0 Å². The number of rotatable bonds is 4. The number of aromatic nitrogens is 1. The number of nitrogens with zero attached hydrogens (tertiary/aromatic N) is 1. The van der Waals surface area contributed by atoms with E-state index in [1.807, 2.05) is 24.3 Å². The van der Waals surface area contributed by atoms with E-state index >= 15 is 0 Å². The molecule has 5 heteroatoms. The first-order valence-corrected chi connectivity index (χ1v) is 6.44. The molecule has 2 aromatic rings. The van der Waals surface area contributed by atoms with Crippen molar-refractivity contribution in [1.29, 1.82) is 0 Å². The Hall–Kier alpha value is -1.24. The van der Waals surface area contributed by atoms with Gasteiger partial charge in [0.15, 0.2) is 11.6 Å². The van der Waals surface area contributed by atoms with Gasteiger partial charge < -0.3 is 15.0 Å². The molecule has 90 valence electrons. The predicted molar refractivity (Wildman–Crippen MR) is 74.9 cm³/mol. The summed E-state index contributed by atoms with van der Waals surface area (Å²) in [7, 11) is 0. The second-order valence-electron chi connectivity index (χ2n) is 3.59. The molecule has 2 rings (SSSR count). The Labute approximate surface area is 113 Å². The summed E-state index contributed by atoms with van der Waals surface area (Å²) in [6, 6.07) is 7.72. The maximum absolute atomic E-state index is 5.65. The number of ether oxygens (including phenoxy) is 1. The van der Waals surface area contributed by atoms with Crippen LogP contribution in [-0.4, -0.2) is 11.8 Å². The molecule has 0 amide bonds. The van der Waals surface area contributed by atoms with E-state index in [0.29, 0.717) is 18.2 Å². The molecule has 4 nitrogen and oxygen atoms in total. The lowest BCUT2D eigenvalue weighted by molar-refractivity contribution is 0.317. The molecule has 0 atom stereocenters. The fourth-order valence-electron chi connectivity index (χ4n) is 1.42. The highest BCUT2D eigenvalue weighted by molar-refractivity contribution is 14.1. The van der Waals surface area contributed by atoms with Crippen molar-refractivity contribution in [3.05, 3.63) is 27.8 Å². The minimum absolute atomic E-state index is 0.417. The topological polar surface area (TPSA) is 61.3 Å². The van der Waals surface area contributed by atoms with E-state index in [2.05, 4.69) is 34.7 Å². The van der Waals surface area contributed by atoms with Crippen LogP contribution in [0.15, 0.2) is 28.8 Å². The standard InChI is InChI=1S/C12H13IN2O2/c1-2-6-16-9-5-3-4-8(7-9)11-10(13)12(14)15-17-11/h3-5,7H,2,6H2,1H3,(H2,14,15). The van der Waals surface area contributed by atoms with Gasteiger partial charge in [0.2, 0.25) is 0 Å². The zero-order chi connectivity index (χ0) is 12.3. The summed E-state index contributed by atoms with van der Waals surface area (Å²) in [4.78, 5) is 0. The number of hydrogen-bond acceptors (Lipinski definition) is 4. The van der Waals surface area contributed by atoms with Crippen LogP contribution in [0.3, 0.4) is 0 Å². The summed E-state index contributed by atoms with van der Waals surface area (Å²) in [6.07, 6.45) is 0.983. The van der Waals surface area contributed by atoms with Gasteiger partial charge in [-0.2, -0.15) is 0 Å². The molecule has 0 bridgehead atoms. The van der Waals surface area contributed by atoms with Gasteiger partial charge in [-0.1, -0.05) is 24.2 Å². The number of halogens is 1. The Morgan fingerprint density at radius 2 is 2.29 bits per heavy atom. The van der Waals surface area contributed by atoms with Crippen molar-refractivity contribution in [2.24, 2.45) is 0 Å². The maximum Gasteiger partial charge on any atom is 0.182 e. The molecular formula is C12H13IN2O2. The lowest BCUT2D eigenvalue weighted by atomic mass is 10.1. The third-order valence-electron chi connectivity index (χ3n) is 2.23. The molecule has 0 aliphatic carbocycles. The fraction of sp³-hybridized carbons (Fsp3) is 0.250. The Bertz CT molecular complexity index is 511. The molecule has 1 aromatic carbocycles. The lowest BCUT2D eigenvalue weighted by Crippen LogP contribution is -1.94. The summed E-state index contributed by atoms with van der Waals surface area (Å²) >= 11 is 2.12. The minimum Gasteiger partial charge on any atom is -0.494 e. The molecule has 0 unspecified atom stereocenters. The fourth-order valence-corrected chi connectivity index (χ4v) is 1.93. The van der Waals surface area contributed by atoms with Crippen LogP contribution in [0.25, 0.3) is 11.3 Å². The van der Waals surface area contributed by atoms with Gasteiger partial charge in [0, 0.05) is 5.56 Å². The Morgan fingerprint density at radius 3 is 2.94 bits per heavy atom. The average Bonchev–Trinajstić information content (AvgIpc) is 2.68. The van der Waals surface area contributed by atoms with Crippen LogP contribution in [0.4, 0.5) is 5.82 Å². The van der Waals surface area contributed by atoms with Crippen LogP contribution >= 0.6 is 22.6 Å². The lowest BCUT2D eigenvalue weighted by Gasteiger charge is -2.05. The second kappa shape index (κ2) is 5.39.